The first kappa shape index (κ1) is 40.9. The van der Waals surface area contributed by atoms with Crippen LogP contribution in [-0.4, -0.2) is 80.0 Å². The van der Waals surface area contributed by atoms with Crippen LogP contribution in [0, 0.1) is 5.82 Å². The van der Waals surface area contributed by atoms with Gasteiger partial charge in [-0.1, -0.05) is 39.0 Å². The molecular formula is C43H50FN7O6. The van der Waals surface area contributed by atoms with Gasteiger partial charge in [-0.25, -0.2) is 19.1 Å². The highest BCUT2D eigenvalue weighted by Gasteiger charge is 2.30. The van der Waals surface area contributed by atoms with Crippen LogP contribution in [-0.2, 0) is 39.9 Å². The van der Waals surface area contributed by atoms with Crippen molar-refractivity contribution in [3.05, 3.63) is 110 Å². The van der Waals surface area contributed by atoms with Gasteiger partial charge in [0, 0.05) is 75.6 Å². The van der Waals surface area contributed by atoms with E-state index in [1.165, 1.54) is 29.8 Å². The standard InChI is InChI=1S/C43H50FN7O6/c1-27(52)56-26-33-32(11-10-12-35(33)51-40(54)38-29(23-46-51)19-31(21-34(38)44)42(2,3)4)30-20-36(39(53)48(9)25-30)50(41(55)57-43(5,6)7)37-14-13-28(22-45-37)24-49-17-15-47(8)16-18-49/h10-14,19-23,25H,15-18,24,26H2,1-9H3. The number of hydrogen-bond donors (Lipinski definition) is 0. The Kier molecular flexibility index (Phi) is 11.5. The number of likely N-dealkylation sites (N-methyl/N-ethyl adjacent to an activating group) is 1. The third-order valence-corrected chi connectivity index (χ3v) is 9.84. The van der Waals surface area contributed by atoms with Crippen molar-refractivity contribution in [2.24, 2.45) is 7.05 Å². The van der Waals surface area contributed by atoms with Crippen LogP contribution in [0.15, 0.2) is 76.7 Å². The Morgan fingerprint density at radius 3 is 2.26 bits per heavy atom. The van der Waals surface area contributed by atoms with E-state index in [0.717, 1.165) is 41.3 Å². The van der Waals surface area contributed by atoms with E-state index in [9.17, 15) is 19.2 Å². The number of hydrogen-bond acceptors (Lipinski definition) is 10. The third kappa shape index (κ3) is 9.13. The van der Waals surface area contributed by atoms with Crippen LogP contribution in [0.4, 0.5) is 20.7 Å². The minimum atomic E-state index is -0.904. The molecule has 5 aromatic rings. The van der Waals surface area contributed by atoms with E-state index in [1.54, 1.807) is 70.5 Å². The van der Waals surface area contributed by atoms with Crippen molar-refractivity contribution >= 4 is 34.3 Å². The molecule has 0 unspecified atom stereocenters. The van der Waals surface area contributed by atoms with Crippen molar-refractivity contribution in [2.75, 3.05) is 38.1 Å². The normalized spacial score (nSPS) is 14.1. The largest absolute Gasteiger partial charge is 0.461 e. The lowest BCUT2D eigenvalue weighted by molar-refractivity contribution is -0.142. The number of pyridine rings is 2. The summed E-state index contributed by atoms with van der Waals surface area (Å²) in [5.41, 5.74) is 0.615. The van der Waals surface area contributed by atoms with Crippen molar-refractivity contribution in [1.82, 2.24) is 29.1 Å². The van der Waals surface area contributed by atoms with E-state index in [1.807, 2.05) is 26.8 Å². The molecule has 13 nitrogen and oxygen atoms in total. The van der Waals surface area contributed by atoms with E-state index in [2.05, 4.69) is 26.9 Å². The van der Waals surface area contributed by atoms with Crippen LogP contribution < -0.4 is 16.0 Å². The van der Waals surface area contributed by atoms with Crippen molar-refractivity contribution < 1.29 is 23.5 Å². The third-order valence-electron chi connectivity index (χ3n) is 9.84. The summed E-state index contributed by atoms with van der Waals surface area (Å²) in [5, 5.41) is 4.66. The average molecular weight is 780 g/mol. The van der Waals surface area contributed by atoms with Crippen LogP contribution in [0.25, 0.3) is 27.6 Å². The molecular weight excluding hydrogens is 730 g/mol. The first-order valence-electron chi connectivity index (χ1n) is 18.9. The predicted octanol–water partition coefficient (Wildman–Crippen LogP) is 6.47. The van der Waals surface area contributed by atoms with Crippen molar-refractivity contribution in [3.8, 4) is 16.8 Å². The highest BCUT2D eigenvalue weighted by Crippen LogP contribution is 2.33. The van der Waals surface area contributed by atoms with E-state index in [-0.39, 0.29) is 34.6 Å². The summed E-state index contributed by atoms with van der Waals surface area (Å²) in [7, 11) is 3.65. The molecule has 14 heteroatoms. The highest BCUT2D eigenvalue weighted by molar-refractivity contribution is 5.96. The Balaban J connectivity index is 1.48. The molecule has 1 aliphatic rings. The van der Waals surface area contributed by atoms with Crippen LogP contribution in [0.2, 0.25) is 0 Å². The number of fused-ring (bicyclic) bond motifs is 1. The lowest BCUT2D eigenvalue weighted by atomic mass is 9.86. The number of nitrogens with zero attached hydrogens (tertiary/aromatic N) is 7. The molecule has 3 aromatic heterocycles. The summed E-state index contributed by atoms with van der Waals surface area (Å²) in [5.74, 6) is -1.07. The minimum absolute atomic E-state index is 0.0508. The number of halogens is 1. The molecule has 6 rings (SSSR count). The summed E-state index contributed by atoms with van der Waals surface area (Å²) in [6.07, 6.45) is 3.89. The minimum Gasteiger partial charge on any atom is -0.461 e. The number of rotatable bonds is 8. The van der Waals surface area contributed by atoms with Gasteiger partial charge in [0.1, 0.15) is 29.5 Å². The smallest absolute Gasteiger partial charge is 0.420 e. The maximum atomic E-state index is 15.7. The second-order valence-corrected chi connectivity index (χ2v) is 16.6. The lowest BCUT2D eigenvalue weighted by Crippen LogP contribution is -2.43. The molecule has 0 N–H and O–H groups in total. The first-order valence-corrected chi connectivity index (χ1v) is 18.9. The van der Waals surface area contributed by atoms with E-state index in [0.29, 0.717) is 34.2 Å². The molecule has 0 bridgehead atoms. The number of aromatic nitrogens is 4. The maximum Gasteiger partial charge on any atom is 0.420 e. The Bertz CT molecular complexity index is 2440. The summed E-state index contributed by atoms with van der Waals surface area (Å²) in [6, 6.07) is 13.3. The number of benzene rings is 2. The zero-order chi connectivity index (χ0) is 41.4. The Hall–Kier alpha value is -5.73. The van der Waals surface area contributed by atoms with Crippen LogP contribution in [0.1, 0.15) is 65.2 Å². The van der Waals surface area contributed by atoms with E-state index in [4.69, 9.17) is 9.47 Å². The fourth-order valence-electron chi connectivity index (χ4n) is 6.74. The van der Waals surface area contributed by atoms with Gasteiger partial charge in [-0.15, -0.1) is 0 Å². The van der Waals surface area contributed by atoms with Gasteiger partial charge < -0.3 is 18.9 Å². The monoisotopic (exact) mass is 779 g/mol. The van der Waals surface area contributed by atoms with Gasteiger partial charge in [0.2, 0.25) is 0 Å². The zero-order valence-corrected chi connectivity index (χ0v) is 34.1. The molecule has 300 valence electrons. The number of anilines is 2. The van der Waals surface area contributed by atoms with Crippen LogP contribution in [0.5, 0.6) is 0 Å². The zero-order valence-electron chi connectivity index (χ0n) is 34.1. The fraction of sp³-hybridized carbons (Fsp3) is 0.395. The molecule has 0 saturated carbocycles. The molecule has 1 saturated heterocycles. The van der Waals surface area contributed by atoms with E-state index < -0.39 is 34.6 Å². The van der Waals surface area contributed by atoms with Gasteiger partial charge in [0.15, 0.2) is 0 Å². The van der Waals surface area contributed by atoms with Gasteiger partial charge in [0.05, 0.1) is 17.3 Å². The van der Waals surface area contributed by atoms with Gasteiger partial charge >= 0.3 is 12.1 Å². The van der Waals surface area contributed by atoms with Crippen molar-refractivity contribution in [3.63, 3.8) is 0 Å². The molecule has 1 fully saturated rings. The van der Waals surface area contributed by atoms with Crippen LogP contribution in [0.3, 0.4) is 0 Å². The molecule has 2 aromatic carbocycles. The quantitative estimate of drug-likeness (QED) is 0.162. The van der Waals surface area contributed by atoms with Gasteiger partial charge in [0.25, 0.3) is 11.1 Å². The van der Waals surface area contributed by atoms with Crippen LogP contribution >= 0.6 is 0 Å². The number of ether oxygens (including phenoxy) is 2. The number of esters is 1. The number of carbonyl (C=O) groups excluding carboxylic acids is 2. The number of piperazine rings is 1. The molecule has 0 atom stereocenters. The fourth-order valence-corrected chi connectivity index (χ4v) is 6.74. The summed E-state index contributed by atoms with van der Waals surface area (Å²) in [6.45, 7) is 16.5. The van der Waals surface area contributed by atoms with Gasteiger partial charge in [-0.05, 0) is 80.3 Å². The number of carbonyl (C=O) groups is 2. The molecule has 1 amide bonds. The molecule has 4 heterocycles. The molecule has 1 aliphatic heterocycles. The second-order valence-electron chi connectivity index (χ2n) is 16.6. The number of aryl methyl sites for hydroxylation is 1. The molecule has 0 radical (unpaired) electrons. The molecule has 0 spiro atoms. The van der Waals surface area contributed by atoms with Crippen molar-refractivity contribution in [2.45, 2.75) is 72.6 Å². The molecule has 0 aliphatic carbocycles. The van der Waals surface area contributed by atoms with Gasteiger partial charge in [-0.3, -0.25) is 19.3 Å². The summed E-state index contributed by atoms with van der Waals surface area (Å²) in [4.78, 5) is 64.6. The number of amides is 1. The SMILES string of the molecule is CC(=O)OCc1c(-c2cc(N(C(=O)OC(C)(C)C)c3ccc(CN4CCN(C)CC4)cn3)c(=O)n(C)c2)cccc1-n1ncc2cc(C(C)(C)C)cc(F)c2c1=O. The Labute approximate surface area is 331 Å². The van der Waals surface area contributed by atoms with E-state index >= 15 is 4.39 Å². The Morgan fingerprint density at radius 1 is 0.912 bits per heavy atom. The summed E-state index contributed by atoms with van der Waals surface area (Å²) >= 11 is 0. The average Bonchev–Trinajstić information content (AvgIpc) is 3.13. The summed E-state index contributed by atoms with van der Waals surface area (Å²) < 4.78 is 29.4. The second kappa shape index (κ2) is 16.0. The van der Waals surface area contributed by atoms with Gasteiger partial charge in [-0.2, -0.15) is 9.78 Å². The lowest BCUT2D eigenvalue weighted by Gasteiger charge is -2.32. The first-order chi connectivity index (χ1) is 26.8. The van der Waals surface area contributed by atoms with Crippen molar-refractivity contribution in [1.29, 1.82) is 0 Å². The highest BCUT2D eigenvalue weighted by atomic mass is 19.1. The Morgan fingerprint density at radius 2 is 1.63 bits per heavy atom. The maximum absolute atomic E-state index is 15.7. The topological polar surface area (TPSA) is 132 Å². The molecule has 57 heavy (non-hydrogen) atoms. The predicted molar refractivity (Wildman–Crippen MR) is 218 cm³/mol.